The molecule has 0 bridgehead atoms. The molecule has 0 aliphatic rings. The number of hydrogen-bond donors (Lipinski definition) is 1. The van der Waals surface area contributed by atoms with Crippen molar-refractivity contribution in [1.29, 1.82) is 0 Å². The van der Waals surface area contributed by atoms with Crippen LogP contribution in [0.25, 0.3) is 0 Å². The number of benzene rings is 1. The average Bonchev–Trinajstić information content (AvgIpc) is 2.56. The van der Waals surface area contributed by atoms with E-state index in [1.165, 1.54) is 12.1 Å². The van der Waals surface area contributed by atoms with Crippen LogP contribution in [0.3, 0.4) is 0 Å². The van der Waals surface area contributed by atoms with Crippen molar-refractivity contribution in [2.24, 2.45) is 5.10 Å². The number of thiocarbonyl (C=S) groups is 1. The van der Waals surface area contributed by atoms with Crippen molar-refractivity contribution in [2.75, 3.05) is 14.1 Å². The zero-order valence-corrected chi connectivity index (χ0v) is 13.4. The quantitative estimate of drug-likeness (QED) is 0.401. The van der Waals surface area contributed by atoms with Crippen LogP contribution in [0.2, 0.25) is 0 Å². The molecule has 7 nitrogen and oxygen atoms in total. The van der Waals surface area contributed by atoms with E-state index in [1.807, 2.05) is 6.07 Å². The molecule has 1 heterocycles. The predicted octanol–water partition coefficient (Wildman–Crippen LogP) is 2.18. The SMILES string of the molecule is CN(C)C(=S)N/N=C(\c1cccc([N+](=O)[O-])c1)c1ccccn1. The summed E-state index contributed by atoms with van der Waals surface area (Å²) in [6.45, 7) is 0. The fourth-order valence-corrected chi connectivity index (χ4v) is 1.79. The number of rotatable bonds is 4. The molecule has 118 valence electrons. The molecule has 2 aromatic rings. The van der Waals surface area contributed by atoms with E-state index >= 15 is 0 Å². The summed E-state index contributed by atoms with van der Waals surface area (Å²) in [7, 11) is 3.58. The maximum absolute atomic E-state index is 11.0. The minimum absolute atomic E-state index is 0.0127. The van der Waals surface area contributed by atoms with Gasteiger partial charge < -0.3 is 4.90 Å². The molecule has 0 radical (unpaired) electrons. The second-order valence-corrected chi connectivity index (χ2v) is 5.18. The molecule has 0 saturated carbocycles. The number of non-ortho nitro benzene ring substituents is 1. The Morgan fingerprint density at radius 3 is 2.70 bits per heavy atom. The van der Waals surface area contributed by atoms with Gasteiger partial charge in [-0.1, -0.05) is 18.2 Å². The third-order valence-electron chi connectivity index (χ3n) is 2.91. The lowest BCUT2D eigenvalue weighted by molar-refractivity contribution is -0.384. The van der Waals surface area contributed by atoms with E-state index in [1.54, 1.807) is 49.5 Å². The topological polar surface area (TPSA) is 83.7 Å². The Kier molecular flexibility index (Phi) is 5.32. The Morgan fingerprint density at radius 1 is 1.30 bits per heavy atom. The van der Waals surface area contributed by atoms with Crippen LogP contribution in [0.15, 0.2) is 53.8 Å². The fourth-order valence-electron chi connectivity index (χ4n) is 1.74. The summed E-state index contributed by atoms with van der Waals surface area (Å²) < 4.78 is 0. The lowest BCUT2D eigenvalue weighted by atomic mass is 10.1. The number of nitrogens with zero attached hydrogens (tertiary/aromatic N) is 4. The highest BCUT2D eigenvalue weighted by atomic mass is 32.1. The van der Waals surface area contributed by atoms with Crippen LogP contribution in [-0.4, -0.2) is 39.7 Å². The van der Waals surface area contributed by atoms with Gasteiger partial charge in [-0.3, -0.25) is 20.5 Å². The highest BCUT2D eigenvalue weighted by molar-refractivity contribution is 7.80. The lowest BCUT2D eigenvalue weighted by Gasteiger charge is -2.13. The van der Waals surface area contributed by atoms with E-state index < -0.39 is 4.92 Å². The van der Waals surface area contributed by atoms with Crippen LogP contribution >= 0.6 is 12.2 Å². The summed E-state index contributed by atoms with van der Waals surface area (Å²) in [5.74, 6) is 0. The first-order valence-corrected chi connectivity index (χ1v) is 7.11. The van der Waals surface area contributed by atoms with Gasteiger partial charge in [0, 0.05) is 38.0 Å². The molecular weight excluding hydrogens is 314 g/mol. The number of hydrazone groups is 1. The number of hydrogen-bond acceptors (Lipinski definition) is 5. The second kappa shape index (κ2) is 7.41. The number of nitro benzene ring substituents is 1. The van der Waals surface area contributed by atoms with Gasteiger partial charge in [-0.2, -0.15) is 5.10 Å². The van der Waals surface area contributed by atoms with E-state index in [4.69, 9.17) is 12.2 Å². The minimum Gasteiger partial charge on any atom is -0.354 e. The Balaban J connectivity index is 2.46. The van der Waals surface area contributed by atoms with Crippen molar-refractivity contribution < 1.29 is 4.92 Å². The Morgan fingerprint density at radius 2 is 2.09 bits per heavy atom. The summed E-state index contributed by atoms with van der Waals surface area (Å²) in [5.41, 5.74) is 4.38. The van der Waals surface area contributed by atoms with Gasteiger partial charge in [0.25, 0.3) is 5.69 Å². The summed E-state index contributed by atoms with van der Waals surface area (Å²) in [5, 5.41) is 15.7. The standard InChI is InChI=1S/C15H15N5O2S/c1-19(2)15(23)18-17-14(13-8-3-4-9-16-13)11-6-5-7-12(10-11)20(21)22/h3-10H,1-2H3,(H,18,23)/b17-14+. The smallest absolute Gasteiger partial charge is 0.270 e. The Labute approximate surface area is 138 Å². The van der Waals surface area contributed by atoms with Crippen molar-refractivity contribution >= 4 is 28.7 Å². The lowest BCUT2D eigenvalue weighted by Crippen LogP contribution is -2.31. The largest absolute Gasteiger partial charge is 0.354 e. The minimum atomic E-state index is -0.447. The molecule has 1 aromatic heterocycles. The molecule has 0 aliphatic carbocycles. The van der Waals surface area contributed by atoms with E-state index in [-0.39, 0.29) is 5.69 Å². The molecule has 0 unspecified atom stereocenters. The first kappa shape index (κ1) is 16.5. The molecule has 0 atom stereocenters. The van der Waals surface area contributed by atoms with Crippen molar-refractivity contribution in [2.45, 2.75) is 0 Å². The summed E-state index contributed by atoms with van der Waals surface area (Å²) in [6.07, 6.45) is 1.63. The molecule has 1 aromatic carbocycles. The van der Waals surface area contributed by atoms with Gasteiger partial charge in [0.1, 0.15) is 5.71 Å². The van der Waals surface area contributed by atoms with E-state index in [9.17, 15) is 10.1 Å². The summed E-state index contributed by atoms with van der Waals surface area (Å²) in [4.78, 5) is 16.5. The predicted molar refractivity (Wildman–Crippen MR) is 92.4 cm³/mol. The van der Waals surface area contributed by atoms with Gasteiger partial charge in [0.2, 0.25) is 0 Å². The van der Waals surface area contributed by atoms with Crippen LogP contribution in [0.4, 0.5) is 5.69 Å². The highest BCUT2D eigenvalue weighted by Gasteiger charge is 2.13. The van der Waals surface area contributed by atoms with Crippen molar-refractivity contribution in [3.8, 4) is 0 Å². The monoisotopic (exact) mass is 329 g/mol. The zero-order chi connectivity index (χ0) is 16.8. The molecule has 0 aliphatic heterocycles. The van der Waals surface area contributed by atoms with Gasteiger partial charge in [-0.05, 0) is 24.4 Å². The van der Waals surface area contributed by atoms with Crippen LogP contribution in [0.1, 0.15) is 11.3 Å². The molecule has 1 N–H and O–H groups in total. The molecule has 8 heteroatoms. The van der Waals surface area contributed by atoms with Crippen LogP contribution in [0, 0.1) is 10.1 Å². The van der Waals surface area contributed by atoms with Crippen molar-refractivity contribution in [3.05, 3.63) is 70.0 Å². The van der Waals surface area contributed by atoms with Crippen LogP contribution in [0.5, 0.6) is 0 Å². The van der Waals surface area contributed by atoms with Gasteiger partial charge in [-0.15, -0.1) is 0 Å². The third kappa shape index (κ3) is 4.30. The van der Waals surface area contributed by atoms with E-state index in [2.05, 4.69) is 15.5 Å². The maximum Gasteiger partial charge on any atom is 0.270 e. The van der Waals surface area contributed by atoms with Gasteiger partial charge >= 0.3 is 0 Å². The number of pyridine rings is 1. The van der Waals surface area contributed by atoms with Crippen LogP contribution < -0.4 is 5.43 Å². The first-order valence-electron chi connectivity index (χ1n) is 6.70. The highest BCUT2D eigenvalue weighted by Crippen LogP contribution is 2.16. The summed E-state index contributed by atoms with van der Waals surface area (Å²) >= 11 is 5.14. The van der Waals surface area contributed by atoms with Gasteiger partial charge in [-0.25, -0.2) is 0 Å². The van der Waals surface area contributed by atoms with Gasteiger partial charge in [0.15, 0.2) is 5.11 Å². The third-order valence-corrected chi connectivity index (χ3v) is 3.36. The number of nitrogens with one attached hydrogen (secondary N) is 1. The van der Waals surface area contributed by atoms with Crippen molar-refractivity contribution in [1.82, 2.24) is 15.3 Å². The summed E-state index contributed by atoms with van der Waals surface area (Å²) in [6, 6.07) is 11.6. The van der Waals surface area contributed by atoms with Crippen molar-refractivity contribution in [3.63, 3.8) is 0 Å². The molecule has 0 amide bonds. The van der Waals surface area contributed by atoms with Gasteiger partial charge in [0.05, 0.1) is 10.6 Å². The first-order chi connectivity index (χ1) is 11.0. The molecule has 0 spiro atoms. The Bertz CT molecular complexity index is 747. The molecule has 23 heavy (non-hydrogen) atoms. The maximum atomic E-state index is 11.0. The van der Waals surface area contributed by atoms with E-state index in [0.29, 0.717) is 22.1 Å². The average molecular weight is 329 g/mol. The van der Waals surface area contributed by atoms with Crippen LogP contribution in [-0.2, 0) is 0 Å². The molecular formula is C15H15N5O2S. The molecule has 2 rings (SSSR count). The normalized spacial score (nSPS) is 11.0. The fraction of sp³-hybridized carbons (Fsp3) is 0.133. The number of nitro groups is 1. The van der Waals surface area contributed by atoms with E-state index in [0.717, 1.165) is 0 Å². The molecule has 0 saturated heterocycles. The second-order valence-electron chi connectivity index (χ2n) is 4.79. The molecule has 0 fully saturated rings. The number of aromatic nitrogens is 1. The Hall–Kier alpha value is -2.87. The zero-order valence-electron chi connectivity index (χ0n) is 12.6.